The number of benzene rings is 2. The Labute approximate surface area is 213 Å². The Balaban J connectivity index is 1.49. The van der Waals surface area contributed by atoms with Crippen molar-refractivity contribution < 1.29 is 23.7 Å². The number of nitrogens with one attached hydrogen (secondary N) is 1. The quantitative estimate of drug-likeness (QED) is 0.304. The Morgan fingerprint density at radius 3 is 2.31 bits per heavy atom. The SMILES string of the molecule is COc1cc(OC)nc(Oc2ccccc2-c2nnc(NC(=O)C(C)Oc3ccccc3Br)s2)n1. The Morgan fingerprint density at radius 2 is 1.63 bits per heavy atom. The summed E-state index contributed by atoms with van der Waals surface area (Å²) in [5, 5.41) is 11.9. The molecular formula is C23H20BrN5O5S. The highest BCUT2D eigenvalue weighted by Crippen LogP contribution is 2.36. The lowest BCUT2D eigenvalue weighted by molar-refractivity contribution is -0.122. The minimum atomic E-state index is -0.753. The fourth-order valence-electron chi connectivity index (χ4n) is 2.84. The van der Waals surface area contributed by atoms with Crippen molar-refractivity contribution in [3.63, 3.8) is 0 Å². The number of ether oxygens (including phenoxy) is 4. The normalized spacial score (nSPS) is 11.4. The van der Waals surface area contributed by atoms with Gasteiger partial charge in [-0.2, -0.15) is 9.97 Å². The van der Waals surface area contributed by atoms with E-state index in [2.05, 4.69) is 41.4 Å². The lowest BCUT2D eigenvalue weighted by Gasteiger charge is -2.14. The molecule has 4 rings (SSSR count). The van der Waals surface area contributed by atoms with Gasteiger partial charge < -0.3 is 18.9 Å². The summed E-state index contributed by atoms with van der Waals surface area (Å²) in [4.78, 5) is 21.0. The summed E-state index contributed by atoms with van der Waals surface area (Å²) in [6.07, 6.45) is -0.753. The van der Waals surface area contributed by atoms with E-state index in [0.717, 1.165) is 4.47 Å². The lowest BCUT2D eigenvalue weighted by atomic mass is 10.2. The van der Waals surface area contributed by atoms with Crippen molar-refractivity contribution in [3.05, 3.63) is 59.1 Å². The molecule has 0 aliphatic rings. The van der Waals surface area contributed by atoms with Gasteiger partial charge in [0.05, 0.1) is 30.3 Å². The molecule has 0 radical (unpaired) electrons. The van der Waals surface area contributed by atoms with Crippen LogP contribution in [0.1, 0.15) is 6.92 Å². The van der Waals surface area contributed by atoms with Gasteiger partial charge >= 0.3 is 6.01 Å². The number of hydrogen-bond acceptors (Lipinski definition) is 10. The number of halogens is 1. The second kappa shape index (κ2) is 11.1. The van der Waals surface area contributed by atoms with E-state index in [1.807, 2.05) is 30.3 Å². The van der Waals surface area contributed by atoms with E-state index in [0.29, 0.717) is 39.0 Å². The third-order valence-electron chi connectivity index (χ3n) is 4.56. The van der Waals surface area contributed by atoms with Crippen molar-refractivity contribution in [2.75, 3.05) is 19.5 Å². The molecule has 180 valence electrons. The second-order valence-electron chi connectivity index (χ2n) is 6.93. The van der Waals surface area contributed by atoms with Crippen LogP contribution in [0.4, 0.5) is 5.13 Å². The van der Waals surface area contributed by atoms with E-state index in [1.54, 1.807) is 31.2 Å². The molecule has 35 heavy (non-hydrogen) atoms. The lowest BCUT2D eigenvalue weighted by Crippen LogP contribution is -2.30. The highest BCUT2D eigenvalue weighted by Gasteiger charge is 2.20. The first kappa shape index (κ1) is 24.4. The molecule has 1 unspecified atom stereocenters. The maximum absolute atomic E-state index is 12.6. The third kappa shape index (κ3) is 6.03. The predicted octanol–water partition coefficient (Wildman–Crippen LogP) is 4.97. The summed E-state index contributed by atoms with van der Waals surface area (Å²) in [6, 6.07) is 16.1. The van der Waals surface area contributed by atoms with Crippen LogP contribution >= 0.6 is 27.3 Å². The zero-order chi connectivity index (χ0) is 24.8. The molecule has 2 heterocycles. The number of aromatic nitrogens is 4. The molecule has 1 atom stereocenters. The molecule has 1 amide bonds. The number of methoxy groups -OCH3 is 2. The Hall–Kier alpha value is -3.77. The maximum Gasteiger partial charge on any atom is 0.328 e. The molecule has 4 aromatic rings. The highest BCUT2D eigenvalue weighted by atomic mass is 79.9. The van der Waals surface area contributed by atoms with Crippen LogP contribution in [-0.2, 0) is 4.79 Å². The zero-order valence-corrected chi connectivity index (χ0v) is 21.3. The minimum absolute atomic E-state index is 0.0461. The van der Waals surface area contributed by atoms with E-state index in [-0.39, 0.29) is 11.9 Å². The molecule has 10 nitrogen and oxygen atoms in total. The molecule has 12 heteroatoms. The molecule has 0 saturated heterocycles. The molecule has 0 bridgehead atoms. The first-order chi connectivity index (χ1) is 17.0. The number of hydrogen-bond donors (Lipinski definition) is 1. The van der Waals surface area contributed by atoms with Crippen molar-refractivity contribution in [3.8, 4) is 39.8 Å². The molecule has 0 saturated carbocycles. The first-order valence-electron chi connectivity index (χ1n) is 10.3. The van der Waals surface area contributed by atoms with Crippen LogP contribution in [0.25, 0.3) is 10.6 Å². The van der Waals surface area contributed by atoms with E-state index < -0.39 is 6.10 Å². The van der Waals surface area contributed by atoms with Crippen LogP contribution in [0.15, 0.2) is 59.1 Å². The van der Waals surface area contributed by atoms with Gasteiger partial charge in [0.15, 0.2) is 11.1 Å². The smallest absolute Gasteiger partial charge is 0.328 e. The molecule has 0 aliphatic heterocycles. The van der Waals surface area contributed by atoms with E-state index in [9.17, 15) is 4.79 Å². The number of anilines is 1. The Bertz CT molecular complexity index is 1310. The third-order valence-corrected chi connectivity index (χ3v) is 6.09. The number of carbonyl (C=O) groups is 1. The van der Waals surface area contributed by atoms with Gasteiger partial charge in [-0.3, -0.25) is 10.1 Å². The van der Waals surface area contributed by atoms with Crippen LogP contribution < -0.4 is 24.3 Å². The van der Waals surface area contributed by atoms with E-state index in [4.69, 9.17) is 18.9 Å². The van der Waals surface area contributed by atoms with Gasteiger partial charge in [0.1, 0.15) is 11.5 Å². The molecule has 2 aromatic carbocycles. The van der Waals surface area contributed by atoms with Crippen LogP contribution in [0.2, 0.25) is 0 Å². The van der Waals surface area contributed by atoms with Crippen LogP contribution in [0.3, 0.4) is 0 Å². The molecule has 0 fully saturated rings. The summed E-state index contributed by atoms with van der Waals surface area (Å²) in [7, 11) is 2.97. The van der Waals surface area contributed by atoms with Gasteiger partial charge in [0, 0.05) is 0 Å². The molecule has 0 spiro atoms. The summed E-state index contributed by atoms with van der Waals surface area (Å²) in [5.41, 5.74) is 0.647. The standard InChI is InChI=1S/C23H20BrN5O5S/c1-13(33-17-11-7-5-9-15(17)24)20(30)27-23-29-28-21(35-23)14-8-4-6-10-16(14)34-22-25-18(31-2)12-19(26-22)32-3/h4-13H,1-3H3,(H,27,29,30). The number of amides is 1. The summed E-state index contributed by atoms with van der Waals surface area (Å²) >= 11 is 4.60. The average Bonchev–Trinajstić information content (AvgIpc) is 3.33. The maximum atomic E-state index is 12.6. The van der Waals surface area contributed by atoms with Crippen LogP contribution in [0, 0.1) is 0 Å². The molecule has 0 aliphatic carbocycles. The Kier molecular flexibility index (Phi) is 7.73. The van der Waals surface area contributed by atoms with Gasteiger partial charge in [0.2, 0.25) is 16.9 Å². The van der Waals surface area contributed by atoms with Crippen molar-refractivity contribution >= 4 is 38.3 Å². The van der Waals surface area contributed by atoms with Crippen molar-refractivity contribution in [1.82, 2.24) is 20.2 Å². The largest absolute Gasteiger partial charge is 0.481 e. The minimum Gasteiger partial charge on any atom is -0.481 e. The fraction of sp³-hybridized carbons (Fsp3) is 0.174. The number of rotatable bonds is 9. The van der Waals surface area contributed by atoms with E-state index in [1.165, 1.54) is 25.6 Å². The van der Waals surface area contributed by atoms with Crippen molar-refractivity contribution in [2.45, 2.75) is 13.0 Å². The summed E-state index contributed by atoms with van der Waals surface area (Å²) in [6.45, 7) is 1.66. The topological polar surface area (TPSA) is 118 Å². The number of carbonyl (C=O) groups excluding carboxylic acids is 1. The van der Waals surface area contributed by atoms with Gasteiger partial charge in [-0.05, 0) is 47.1 Å². The van der Waals surface area contributed by atoms with Gasteiger partial charge in [-0.15, -0.1) is 10.2 Å². The van der Waals surface area contributed by atoms with Crippen LogP contribution in [0.5, 0.6) is 29.3 Å². The van der Waals surface area contributed by atoms with Crippen LogP contribution in [-0.4, -0.2) is 46.4 Å². The molecular weight excluding hydrogens is 538 g/mol. The predicted molar refractivity (Wildman–Crippen MR) is 133 cm³/mol. The van der Waals surface area contributed by atoms with Crippen molar-refractivity contribution in [2.24, 2.45) is 0 Å². The van der Waals surface area contributed by atoms with Gasteiger partial charge in [-0.1, -0.05) is 35.6 Å². The number of para-hydroxylation sites is 2. The summed E-state index contributed by atoms with van der Waals surface area (Å²) < 4.78 is 22.7. The second-order valence-corrected chi connectivity index (χ2v) is 8.76. The van der Waals surface area contributed by atoms with Crippen molar-refractivity contribution in [1.29, 1.82) is 0 Å². The molecule has 1 N–H and O–H groups in total. The van der Waals surface area contributed by atoms with Gasteiger partial charge in [0.25, 0.3) is 5.91 Å². The van der Waals surface area contributed by atoms with Gasteiger partial charge in [-0.25, -0.2) is 0 Å². The molecule has 2 aromatic heterocycles. The van der Waals surface area contributed by atoms with E-state index >= 15 is 0 Å². The monoisotopic (exact) mass is 557 g/mol. The Morgan fingerprint density at radius 1 is 0.971 bits per heavy atom. The average molecular weight is 558 g/mol. The summed E-state index contributed by atoms with van der Waals surface area (Å²) in [5.74, 6) is 1.25. The zero-order valence-electron chi connectivity index (χ0n) is 18.9. The number of nitrogens with zero attached hydrogens (tertiary/aromatic N) is 4. The first-order valence-corrected chi connectivity index (χ1v) is 11.9. The fourth-order valence-corrected chi connectivity index (χ4v) is 4.00. The highest BCUT2D eigenvalue weighted by molar-refractivity contribution is 9.10.